The van der Waals surface area contributed by atoms with Gasteiger partial charge in [-0.25, -0.2) is 4.98 Å². The Bertz CT molecular complexity index is 1140. The Morgan fingerprint density at radius 3 is 2.66 bits per heavy atom. The molecule has 12 heteroatoms. The van der Waals surface area contributed by atoms with Crippen LogP contribution in [0.5, 0.6) is 11.5 Å². The highest BCUT2D eigenvalue weighted by Gasteiger charge is 2.31. The number of morpholine rings is 1. The van der Waals surface area contributed by atoms with Crippen LogP contribution in [0.3, 0.4) is 0 Å². The zero-order chi connectivity index (χ0) is 24.1. The minimum Gasteiger partial charge on any atom is -0.497 e. The quantitative estimate of drug-likeness (QED) is 0.425. The van der Waals surface area contributed by atoms with Gasteiger partial charge in [-0.05, 0) is 29.8 Å². The van der Waals surface area contributed by atoms with Crippen molar-refractivity contribution >= 4 is 45.0 Å². The van der Waals surface area contributed by atoms with E-state index in [-0.39, 0.29) is 30.5 Å². The number of fused-ring (bicyclic) bond motifs is 1. The highest BCUT2D eigenvalue weighted by molar-refractivity contribution is 7.22. The molecular formula is C23H25ClF3N3O4S. The standard InChI is InChI=1S/C23H24F3N3O4S.ClH/c1-31-17-4-2-3-16(13-17)14-21(30)29(8-7-28-9-11-32-12-10-28)22-27-19-6-5-18(15-20(19)34-22)33-23(24,25)26;/h2-6,13,15H,7-12,14H2,1H3;1H. The van der Waals surface area contributed by atoms with Gasteiger partial charge < -0.3 is 14.2 Å². The first kappa shape index (κ1) is 27.0. The predicted octanol–water partition coefficient (Wildman–Crippen LogP) is 4.53. The number of methoxy groups -OCH3 is 1. The number of benzene rings is 2. The number of aromatic nitrogens is 1. The van der Waals surface area contributed by atoms with E-state index in [1.165, 1.54) is 18.2 Å². The number of anilines is 1. The van der Waals surface area contributed by atoms with Crippen molar-refractivity contribution in [2.75, 3.05) is 51.4 Å². The summed E-state index contributed by atoms with van der Waals surface area (Å²) in [6, 6.07) is 11.2. The van der Waals surface area contributed by atoms with E-state index < -0.39 is 6.36 Å². The monoisotopic (exact) mass is 531 g/mol. The van der Waals surface area contributed by atoms with Crippen LogP contribution >= 0.6 is 23.7 Å². The van der Waals surface area contributed by atoms with Crippen molar-refractivity contribution in [1.29, 1.82) is 0 Å². The number of nitrogens with zero attached hydrogens (tertiary/aromatic N) is 3. The minimum absolute atomic E-state index is 0. The second-order valence-electron chi connectivity index (χ2n) is 7.70. The summed E-state index contributed by atoms with van der Waals surface area (Å²) in [6.45, 7) is 3.85. The summed E-state index contributed by atoms with van der Waals surface area (Å²) in [7, 11) is 1.56. The number of rotatable bonds is 8. The highest BCUT2D eigenvalue weighted by Crippen LogP contribution is 2.33. The zero-order valence-corrected chi connectivity index (χ0v) is 20.5. The summed E-state index contributed by atoms with van der Waals surface area (Å²) in [5.41, 5.74) is 1.29. The normalized spacial score (nSPS) is 14.4. The summed E-state index contributed by atoms with van der Waals surface area (Å²) >= 11 is 1.16. The van der Waals surface area contributed by atoms with Gasteiger partial charge in [-0.1, -0.05) is 23.5 Å². The summed E-state index contributed by atoms with van der Waals surface area (Å²) < 4.78 is 53.0. The molecule has 3 aromatic rings. The topological polar surface area (TPSA) is 64.1 Å². The fourth-order valence-corrected chi connectivity index (χ4v) is 4.69. The molecule has 0 bridgehead atoms. The van der Waals surface area contributed by atoms with E-state index in [4.69, 9.17) is 9.47 Å². The van der Waals surface area contributed by atoms with Crippen LogP contribution in [0.25, 0.3) is 10.2 Å². The van der Waals surface area contributed by atoms with Gasteiger partial charge >= 0.3 is 6.36 Å². The third kappa shape index (κ3) is 7.44. The van der Waals surface area contributed by atoms with Crippen molar-refractivity contribution in [1.82, 2.24) is 9.88 Å². The molecule has 7 nitrogen and oxygen atoms in total. The van der Waals surface area contributed by atoms with Gasteiger partial charge in [0.15, 0.2) is 5.13 Å². The van der Waals surface area contributed by atoms with Crippen LogP contribution in [0.15, 0.2) is 42.5 Å². The van der Waals surface area contributed by atoms with E-state index in [9.17, 15) is 18.0 Å². The van der Waals surface area contributed by atoms with Crippen molar-refractivity contribution in [3.63, 3.8) is 0 Å². The van der Waals surface area contributed by atoms with Crippen molar-refractivity contribution in [2.45, 2.75) is 12.8 Å². The largest absolute Gasteiger partial charge is 0.573 e. The molecule has 0 N–H and O–H groups in total. The van der Waals surface area contributed by atoms with Gasteiger partial charge in [-0.3, -0.25) is 14.6 Å². The van der Waals surface area contributed by atoms with Gasteiger partial charge in [-0.2, -0.15) is 0 Å². The lowest BCUT2D eigenvalue weighted by Gasteiger charge is -2.29. The summed E-state index contributed by atoms with van der Waals surface area (Å²) in [6.07, 6.45) is -4.64. The lowest BCUT2D eigenvalue weighted by Crippen LogP contribution is -2.43. The molecule has 1 aliphatic heterocycles. The SMILES string of the molecule is COc1cccc(CC(=O)N(CCN2CCOCC2)c2nc3ccc(OC(F)(F)F)cc3s2)c1.Cl. The van der Waals surface area contributed by atoms with E-state index in [1.54, 1.807) is 24.1 Å². The van der Waals surface area contributed by atoms with Gasteiger partial charge in [0.25, 0.3) is 0 Å². The van der Waals surface area contributed by atoms with Crippen molar-refractivity contribution in [2.24, 2.45) is 0 Å². The summed E-state index contributed by atoms with van der Waals surface area (Å²) in [5, 5.41) is 0.431. The Balaban J connectivity index is 0.00000342. The first-order valence-corrected chi connectivity index (χ1v) is 11.5. The Hall–Kier alpha value is -2.60. The molecule has 0 saturated carbocycles. The number of carbonyl (C=O) groups is 1. The fourth-order valence-electron chi connectivity index (χ4n) is 3.65. The third-order valence-electron chi connectivity index (χ3n) is 5.35. The minimum atomic E-state index is -4.78. The number of ether oxygens (including phenoxy) is 3. The van der Waals surface area contributed by atoms with Crippen LogP contribution < -0.4 is 14.4 Å². The van der Waals surface area contributed by atoms with Gasteiger partial charge in [-0.15, -0.1) is 25.6 Å². The Labute approximate surface area is 210 Å². The zero-order valence-electron chi connectivity index (χ0n) is 18.9. The lowest BCUT2D eigenvalue weighted by molar-refractivity contribution is -0.274. The first-order chi connectivity index (χ1) is 16.3. The molecule has 35 heavy (non-hydrogen) atoms. The molecule has 1 saturated heterocycles. The summed E-state index contributed by atoms with van der Waals surface area (Å²) in [4.78, 5) is 21.7. The molecule has 1 aromatic heterocycles. The average molecular weight is 532 g/mol. The van der Waals surface area contributed by atoms with Crippen molar-refractivity contribution < 1.29 is 32.2 Å². The average Bonchev–Trinajstić information content (AvgIpc) is 3.22. The molecule has 0 aliphatic carbocycles. The van der Waals surface area contributed by atoms with Gasteiger partial charge in [0, 0.05) is 32.2 Å². The third-order valence-corrected chi connectivity index (χ3v) is 6.39. The van der Waals surface area contributed by atoms with Crippen LogP contribution in [-0.4, -0.2) is 68.7 Å². The van der Waals surface area contributed by atoms with Crippen molar-refractivity contribution in [3.05, 3.63) is 48.0 Å². The molecule has 1 amide bonds. The van der Waals surface area contributed by atoms with Crippen LogP contribution in [0.1, 0.15) is 5.56 Å². The van der Waals surface area contributed by atoms with E-state index in [1.807, 2.05) is 12.1 Å². The second kappa shape index (κ2) is 11.9. The lowest BCUT2D eigenvalue weighted by atomic mass is 10.1. The van der Waals surface area contributed by atoms with E-state index in [0.29, 0.717) is 47.4 Å². The molecule has 190 valence electrons. The Morgan fingerprint density at radius 1 is 1.17 bits per heavy atom. The Morgan fingerprint density at radius 2 is 1.94 bits per heavy atom. The highest BCUT2D eigenvalue weighted by atomic mass is 35.5. The van der Waals surface area contributed by atoms with Crippen LogP contribution in [0.4, 0.5) is 18.3 Å². The number of amides is 1. The summed E-state index contributed by atoms with van der Waals surface area (Å²) in [5.74, 6) is 0.174. The molecule has 1 fully saturated rings. The first-order valence-electron chi connectivity index (χ1n) is 10.7. The molecule has 0 atom stereocenters. The molecule has 1 aliphatic rings. The number of halogens is 4. The van der Waals surface area contributed by atoms with Crippen LogP contribution in [0.2, 0.25) is 0 Å². The van der Waals surface area contributed by atoms with Gasteiger partial charge in [0.2, 0.25) is 5.91 Å². The van der Waals surface area contributed by atoms with E-state index in [2.05, 4.69) is 14.6 Å². The van der Waals surface area contributed by atoms with Gasteiger partial charge in [0.1, 0.15) is 11.5 Å². The second-order valence-corrected chi connectivity index (χ2v) is 8.71. The van der Waals surface area contributed by atoms with Crippen LogP contribution in [-0.2, 0) is 16.0 Å². The number of thiazole rings is 1. The number of alkyl halides is 3. The maximum atomic E-state index is 13.4. The van der Waals surface area contributed by atoms with Gasteiger partial charge in [0.05, 0.1) is 37.0 Å². The number of hydrogen-bond donors (Lipinski definition) is 0. The molecule has 0 spiro atoms. The molecule has 2 aromatic carbocycles. The molecule has 0 unspecified atom stereocenters. The van der Waals surface area contributed by atoms with E-state index >= 15 is 0 Å². The molecule has 2 heterocycles. The fraction of sp³-hybridized carbons (Fsp3) is 0.391. The smallest absolute Gasteiger partial charge is 0.497 e. The molecule has 4 rings (SSSR count). The maximum Gasteiger partial charge on any atom is 0.573 e. The molecule has 0 radical (unpaired) electrons. The number of hydrogen-bond acceptors (Lipinski definition) is 7. The molecular weight excluding hydrogens is 507 g/mol. The van der Waals surface area contributed by atoms with Crippen LogP contribution in [0, 0.1) is 0 Å². The number of carbonyl (C=O) groups excluding carboxylic acids is 1. The van der Waals surface area contributed by atoms with E-state index in [0.717, 1.165) is 30.0 Å². The Kier molecular flexibility index (Phi) is 9.17. The predicted molar refractivity (Wildman–Crippen MR) is 130 cm³/mol. The van der Waals surface area contributed by atoms with Crippen molar-refractivity contribution in [3.8, 4) is 11.5 Å². The maximum absolute atomic E-state index is 13.4.